The molecule has 2 saturated heterocycles. The van der Waals surface area contributed by atoms with Crippen LogP contribution >= 0.6 is 24.8 Å². The van der Waals surface area contributed by atoms with Crippen molar-refractivity contribution in [3.8, 4) is 0 Å². The van der Waals surface area contributed by atoms with Crippen LogP contribution in [0.4, 0.5) is 0 Å². The number of rotatable bonds is 7. The van der Waals surface area contributed by atoms with Gasteiger partial charge in [0.2, 0.25) is 5.91 Å². The van der Waals surface area contributed by atoms with Crippen molar-refractivity contribution in [2.45, 2.75) is 38.1 Å². The van der Waals surface area contributed by atoms with Crippen LogP contribution in [0.3, 0.4) is 0 Å². The molecule has 0 saturated carbocycles. The van der Waals surface area contributed by atoms with Crippen molar-refractivity contribution < 1.29 is 9.53 Å². The smallest absolute Gasteiger partial charge is 0.220 e. The normalized spacial score (nSPS) is 22.7. The Morgan fingerprint density at radius 1 is 1.27 bits per heavy atom. The van der Waals surface area contributed by atoms with E-state index in [9.17, 15) is 4.79 Å². The van der Waals surface area contributed by atoms with Crippen LogP contribution in [0.15, 0.2) is 0 Å². The van der Waals surface area contributed by atoms with Gasteiger partial charge in [-0.3, -0.25) is 4.79 Å². The molecule has 0 aromatic heterocycles. The molecule has 0 radical (unpaired) electrons. The minimum absolute atomic E-state index is 0. The van der Waals surface area contributed by atoms with Gasteiger partial charge in [0, 0.05) is 39.2 Å². The second-order valence-electron chi connectivity index (χ2n) is 6.07. The van der Waals surface area contributed by atoms with Crippen molar-refractivity contribution in [2.24, 2.45) is 5.92 Å². The number of piperidine rings is 1. The third kappa shape index (κ3) is 7.97. The van der Waals surface area contributed by atoms with E-state index in [2.05, 4.69) is 15.5 Å². The number of carbonyl (C=O) groups is 1. The predicted molar refractivity (Wildman–Crippen MR) is 94.2 cm³/mol. The molecule has 2 rings (SSSR count). The summed E-state index contributed by atoms with van der Waals surface area (Å²) in [6, 6.07) is 0.378. The van der Waals surface area contributed by atoms with Gasteiger partial charge in [-0.2, -0.15) is 0 Å². The van der Waals surface area contributed by atoms with Crippen LogP contribution < -0.4 is 10.6 Å². The Balaban J connectivity index is 0.00000220. The number of nitrogens with one attached hydrogen (secondary N) is 2. The van der Waals surface area contributed by atoms with Crippen molar-refractivity contribution in [3.63, 3.8) is 0 Å². The zero-order valence-corrected chi connectivity index (χ0v) is 15.1. The second-order valence-corrected chi connectivity index (χ2v) is 6.07. The van der Waals surface area contributed by atoms with Crippen LogP contribution in [-0.2, 0) is 9.53 Å². The molecule has 0 bridgehead atoms. The SMILES string of the molecule is COCCN1CCC(NC(=O)CCC2CCNC2)CC1.Cl.Cl. The molecule has 2 N–H and O–H groups in total. The maximum Gasteiger partial charge on any atom is 0.220 e. The number of hydrogen-bond donors (Lipinski definition) is 2. The number of nitrogens with zero attached hydrogens (tertiary/aromatic N) is 1. The standard InChI is InChI=1S/C15H29N3O2.2ClH/c1-20-11-10-18-8-5-14(6-9-18)17-15(19)3-2-13-4-7-16-12-13;;/h13-14,16H,2-12H2,1H3,(H,17,19);2*1H. The topological polar surface area (TPSA) is 53.6 Å². The maximum atomic E-state index is 12.0. The highest BCUT2D eigenvalue weighted by Crippen LogP contribution is 2.15. The van der Waals surface area contributed by atoms with Crippen molar-refractivity contribution in [2.75, 3.05) is 46.4 Å². The second kappa shape index (κ2) is 12.4. The van der Waals surface area contributed by atoms with Crippen LogP contribution in [0.2, 0.25) is 0 Å². The van der Waals surface area contributed by atoms with Gasteiger partial charge in [0.1, 0.15) is 0 Å². The third-order valence-corrected chi connectivity index (χ3v) is 4.51. The van der Waals surface area contributed by atoms with Crippen LogP contribution in [0.5, 0.6) is 0 Å². The van der Waals surface area contributed by atoms with Crippen molar-refractivity contribution in [1.82, 2.24) is 15.5 Å². The van der Waals surface area contributed by atoms with Gasteiger partial charge in [-0.1, -0.05) is 0 Å². The summed E-state index contributed by atoms with van der Waals surface area (Å²) in [6.07, 6.45) is 5.09. The van der Waals surface area contributed by atoms with E-state index in [-0.39, 0.29) is 30.7 Å². The van der Waals surface area contributed by atoms with E-state index < -0.39 is 0 Å². The number of likely N-dealkylation sites (tertiary alicyclic amines) is 1. The van der Waals surface area contributed by atoms with E-state index in [0.29, 0.717) is 18.4 Å². The highest BCUT2D eigenvalue weighted by molar-refractivity contribution is 5.85. The summed E-state index contributed by atoms with van der Waals surface area (Å²) in [4.78, 5) is 14.4. The zero-order chi connectivity index (χ0) is 14.2. The van der Waals surface area contributed by atoms with Gasteiger partial charge < -0.3 is 20.3 Å². The Bertz CT molecular complexity index is 295. The molecule has 2 aliphatic rings. The average molecular weight is 356 g/mol. The minimum atomic E-state index is 0. The van der Waals surface area contributed by atoms with E-state index in [1.54, 1.807) is 7.11 Å². The molecular formula is C15H31Cl2N3O2. The summed E-state index contributed by atoms with van der Waals surface area (Å²) in [5.41, 5.74) is 0. The first kappa shape index (κ1) is 21.9. The van der Waals surface area contributed by atoms with Gasteiger partial charge in [0.15, 0.2) is 0 Å². The first-order valence-electron chi connectivity index (χ1n) is 7.99. The van der Waals surface area contributed by atoms with Gasteiger partial charge in [-0.05, 0) is 44.7 Å². The first-order chi connectivity index (χ1) is 9.78. The van der Waals surface area contributed by atoms with E-state index in [4.69, 9.17) is 4.74 Å². The fourth-order valence-electron chi connectivity index (χ4n) is 3.12. The highest BCUT2D eigenvalue weighted by Gasteiger charge is 2.21. The molecule has 0 aliphatic carbocycles. The van der Waals surface area contributed by atoms with Gasteiger partial charge in [-0.15, -0.1) is 24.8 Å². The fourth-order valence-corrected chi connectivity index (χ4v) is 3.12. The van der Waals surface area contributed by atoms with Gasteiger partial charge in [0.05, 0.1) is 6.61 Å². The van der Waals surface area contributed by atoms with Crippen LogP contribution in [0.1, 0.15) is 32.1 Å². The van der Waals surface area contributed by atoms with E-state index >= 15 is 0 Å². The number of amides is 1. The number of halogens is 2. The van der Waals surface area contributed by atoms with Gasteiger partial charge in [0.25, 0.3) is 0 Å². The van der Waals surface area contributed by atoms with Gasteiger partial charge >= 0.3 is 0 Å². The van der Waals surface area contributed by atoms with E-state index in [1.807, 2.05) is 0 Å². The molecule has 0 spiro atoms. The lowest BCUT2D eigenvalue weighted by molar-refractivity contribution is -0.122. The molecule has 7 heteroatoms. The Kier molecular flexibility index (Phi) is 12.3. The molecule has 1 unspecified atom stereocenters. The van der Waals surface area contributed by atoms with Crippen LogP contribution in [0.25, 0.3) is 0 Å². The van der Waals surface area contributed by atoms with E-state index in [0.717, 1.165) is 58.6 Å². The lowest BCUT2D eigenvalue weighted by Crippen LogP contribution is -2.45. The summed E-state index contributed by atoms with van der Waals surface area (Å²) in [5, 5.41) is 6.55. The van der Waals surface area contributed by atoms with Gasteiger partial charge in [-0.25, -0.2) is 0 Å². The Morgan fingerprint density at radius 3 is 2.59 bits per heavy atom. The third-order valence-electron chi connectivity index (χ3n) is 4.51. The van der Waals surface area contributed by atoms with Crippen LogP contribution in [-0.4, -0.2) is 63.3 Å². The Morgan fingerprint density at radius 2 is 2.00 bits per heavy atom. The largest absolute Gasteiger partial charge is 0.383 e. The molecule has 132 valence electrons. The van der Waals surface area contributed by atoms with Crippen molar-refractivity contribution in [1.29, 1.82) is 0 Å². The fraction of sp³-hybridized carbons (Fsp3) is 0.933. The zero-order valence-electron chi connectivity index (χ0n) is 13.5. The molecule has 1 amide bonds. The summed E-state index contributed by atoms with van der Waals surface area (Å²) in [6.45, 7) is 6.15. The number of hydrogen-bond acceptors (Lipinski definition) is 4. The predicted octanol–water partition coefficient (Wildman–Crippen LogP) is 1.45. The quantitative estimate of drug-likeness (QED) is 0.725. The molecular weight excluding hydrogens is 325 g/mol. The number of carbonyl (C=O) groups excluding carboxylic acids is 1. The lowest BCUT2D eigenvalue weighted by atomic mass is 10.0. The van der Waals surface area contributed by atoms with Crippen molar-refractivity contribution >= 4 is 30.7 Å². The molecule has 2 aliphatic heterocycles. The molecule has 5 nitrogen and oxygen atoms in total. The minimum Gasteiger partial charge on any atom is -0.383 e. The lowest BCUT2D eigenvalue weighted by Gasteiger charge is -2.32. The summed E-state index contributed by atoms with van der Waals surface area (Å²) in [7, 11) is 1.74. The Labute approximate surface area is 146 Å². The Hall–Kier alpha value is -0.0700. The summed E-state index contributed by atoms with van der Waals surface area (Å²) < 4.78 is 5.10. The number of methoxy groups -OCH3 is 1. The average Bonchev–Trinajstić information content (AvgIpc) is 2.98. The molecule has 22 heavy (non-hydrogen) atoms. The summed E-state index contributed by atoms with van der Waals surface area (Å²) in [5.74, 6) is 0.948. The molecule has 2 heterocycles. The van der Waals surface area contributed by atoms with E-state index in [1.165, 1.54) is 6.42 Å². The molecule has 0 aromatic carbocycles. The van der Waals surface area contributed by atoms with Crippen LogP contribution in [0, 0.1) is 5.92 Å². The van der Waals surface area contributed by atoms with Crippen molar-refractivity contribution in [3.05, 3.63) is 0 Å². The molecule has 2 fully saturated rings. The number of ether oxygens (including phenoxy) is 1. The highest BCUT2D eigenvalue weighted by atomic mass is 35.5. The maximum absolute atomic E-state index is 12.0. The molecule has 1 atom stereocenters. The first-order valence-corrected chi connectivity index (χ1v) is 7.99. The summed E-state index contributed by atoms with van der Waals surface area (Å²) >= 11 is 0. The molecule has 0 aromatic rings. The monoisotopic (exact) mass is 355 g/mol.